The minimum atomic E-state index is -1.03. The first-order valence-electron chi connectivity index (χ1n) is 13.4. The Kier molecular flexibility index (Phi) is 6.78. The van der Waals surface area contributed by atoms with Crippen LogP contribution in [0.2, 0.25) is 5.02 Å². The van der Waals surface area contributed by atoms with Gasteiger partial charge in [-0.05, 0) is 103 Å². The molecule has 4 aromatic rings. The van der Waals surface area contributed by atoms with Crippen molar-refractivity contribution in [3.63, 3.8) is 0 Å². The summed E-state index contributed by atoms with van der Waals surface area (Å²) >= 11 is 6.20. The molecule has 0 amide bonds. The van der Waals surface area contributed by atoms with Crippen LogP contribution in [0.1, 0.15) is 53.9 Å². The molecule has 1 fully saturated rings. The van der Waals surface area contributed by atoms with Crippen LogP contribution >= 0.6 is 11.6 Å². The predicted molar refractivity (Wildman–Crippen MR) is 153 cm³/mol. The minimum Gasteiger partial charge on any atom is -0.489 e. The molecule has 1 heterocycles. The number of carbonyl (C=O) groups is 1. The van der Waals surface area contributed by atoms with Crippen LogP contribution in [0.4, 0.5) is 5.69 Å². The van der Waals surface area contributed by atoms with Gasteiger partial charge in [0.25, 0.3) is 0 Å². The highest BCUT2D eigenvalue weighted by molar-refractivity contribution is 6.30. The first kappa shape index (κ1) is 25.4. The quantitative estimate of drug-likeness (QED) is 0.256. The number of anilines is 1. The highest BCUT2D eigenvalue weighted by Crippen LogP contribution is 2.58. The van der Waals surface area contributed by atoms with Crippen molar-refractivity contribution < 1.29 is 14.6 Å². The van der Waals surface area contributed by atoms with E-state index in [1.54, 1.807) is 24.5 Å². The molecule has 0 saturated heterocycles. The highest BCUT2D eigenvalue weighted by atomic mass is 35.5. The second kappa shape index (κ2) is 10.4. The van der Waals surface area contributed by atoms with Gasteiger partial charge >= 0.3 is 5.97 Å². The normalized spacial score (nSPS) is 23.8. The third-order valence-corrected chi connectivity index (χ3v) is 8.91. The van der Waals surface area contributed by atoms with Crippen molar-refractivity contribution >= 4 is 23.3 Å². The van der Waals surface area contributed by atoms with Gasteiger partial charge in [-0.25, -0.2) is 4.79 Å². The number of benzene rings is 3. The smallest absolute Gasteiger partial charge is 0.329 e. The predicted octanol–water partition coefficient (Wildman–Crippen LogP) is 7.40. The van der Waals surface area contributed by atoms with Crippen molar-refractivity contribution in [3.8, 4) is 5.75 Å². The number of aliphatic carboxylic acids is 1. The molecule has 2 N–H and O–H groups in total. The van der Waals surface area contributed by atoms with Crippen LogP contribution < -0.4 is 10.1 Å². The fourth-order valence-electron chi connectivity index (χ4n) is 6.67. The first-order chi connectivity index (χ1) is 19.0. The van der Waals surface area contributed by atoms with Crippen molar-refractivity contribution in [1.29, 1.82) is 0 Å². The number of carboxylic acid groups (broad SMARTS) is 1. The Balaban J connectivity index is 1.29. The van der Waals surface area contributed by atoms with Crippen molar-refractivity contribution in [1.82, 2.24) is 4.98 Å². The Labute approximate surface area is 233 Å². The lowest BCUT2D eigenvalue weighted by Gasteiger charge is -2.47. The Hall–Kier alpha value is -3.83. The summed E-state index contributed by atoms with van der Waals surface area (Å²) in [6, 6.07) is 28.4. The van der Waals surface area contributed by atoms with E-state index in [4.69, 9.17) is 16.3 Å². The van der Waals surface area contributed by atoms with E-state index < -0.39 is 11.5 Å². The van der Waals surface area contributed by atoms with Crippen LogP contribution in [0.15, 0.2) is 97.3 Å². The summed E-state index contributed by atoms with van der Waals surface area (Å²) in [5.41, 5.74) is 4.61. The largest absolute Gasteiger partial charge is 0.489 e. The molecule has 2 aliphatic rings. The maximum Gasteiger partial charge on any atom is 0.329 e. The van der Waals surface area contributed by atoms with Crippen molar-refractivity contribution in [2.45, 2.75) is 55.6 Å². The second-order valence-electron chi connectivity index (χ2n) is 10.8. The molecule has 0 radical (unpaired) electrons. The summed E-state index contributed by atoms with van der Waals surface area (Å²) < 4.78 is 6.16. The monoisotopic (exact) mass is 538 g/mol. The second-order valence-corrected chi connectivity index (χ2v) is 11.2. The lowest BCUT2D eigenvalue weighted by Crippen LogP contribution is -2.52. The van der Waals surface area contributed by atoms with Crippen LogP contribution in [0.3, 0.4) is 0 Å². The van der Waals surface area contributed by atoms with Crippen molar-refractivity contribution in [2.75, 3.05) is 5.32 Å². The molecule has 5 nitrogen and oxygen atoms in total. The third kappa shape index (κ3) is 4.87. The molecule has 1 saturated carbocycles. The van der Waals surface area contributed by atoms with Crippen LogP contribution in [-0.2, 0) is 23.2 Å². The number of aromatic nitrogens is 1. The van der Waals surface area contributed by atoms with Crippen molar-refractivity contribution in [2.24, 2.45) is 0 Å². The van der Waals surface area contributed by atoms with E-state index in [1.165, 1.54) is 16.7 Å². The Bertz CT molecular complexity index is 1480. The molecule has 0 aliphatic heterocycles. The zero-order valence-corrected chi connectivity index (χ0v) is 22.4. The van der Waals surface area contributed by atoms with E-state index in [-0.39, 0.29) is 11.3 Å². The topological polar surface area (TPSA) is 71.5 Å². The fourth-order valence-corrected chi connectivity index (χ4v) is 6.86. The Morgan fingerprint density at radius 3 is 2.49 bits per heavy atom. The van der Waals surface area contributed by atoms with E-state index in [2.05, 4.69) is 52.8 Å². The van der Waals surface area contributed by atoms with Crippen LogP contribution in [0, 0.1) is 0 Å². The number of carboxylic acids is 1. The van der Waals surface area contributed by atoms with E-state index in [1.807, 2.05) is 30.3 Å². The Morgan fingerprint density at radius 1 is 0.949 bits per heavy atom. The molecule has 1 unspecified atom stereocenters. The average molecular weight is 539 g/mol. The number of rotatable bonds is 7. The molecule has 198 valence electrons. The van der Waals surface area contributed by atoms with Crippen LogP contribution in [0.5, 0.6) is 5.75 Å². The number of halogens is 1. The molecular formula is C33H31ClN2O3. The van der Waals surface area contributed by atoms with Gasteiger partial charge in [-0.2, -0.15) is 0 Å². The van der Waals surface area contributed by atoms with Crippen LogP contribution in [0.25, 0.3) is 0 Å². The average Bonchev–Trinajstić information content (AvgIpc) is 3.28. The number of nitrogens with one attached hydrogen (secondary N) is 1. The molecule has 2 aliphatic carbocycles. The van der Waals surface area contributed by atoms with Gasteiger partial charge < -0.3 is 15.2 Å². The summed E-state index contributed by atoms with van der Waals surface area (Å²) in [6.07, 6.45) is 7.08. The van der Waals surface area contributed by atoms with E-state index in [0.717, 1.165) is 36.3 Å². The maximum atomic E-state index is 12.7. The van der Waals surface area contributed by atoms with Gasteiger partial charge in [0.15, 0.2) is 0 Å². The zero-order valence-electron chi connectivity index (χ0n) is 21.6. The van der Waals surface area contributed by atoms with Gasteiger partial charge in [0.1, 0.15) is 17.9 Å². The lowest BCUT2D eigenvalue weighted by molar-refractivity contribution is -0.144. The van der Waals surface area contributed by atoms with Gasteiger partial charge in [0.05, 0.1) is 0 Å². The first-order valence-corrected chi connectivity index (χ1v) is 13.8. The van der Waals surface area contributed by atoms with E-state index >= 15 is 0 Å². The zero-order chi connectivity index (χ0) is 26.9. The summed E-state index contributed by atoms with van der Waals surface area (Å²) in [4.78, 5) is 16.8. The van der Waals surface area contributed by atoms with Gasteiger partial charge in [-0.1, -0.05) is 54.1 Å². The molecule has 1 aromatic heterocycles. The third-order valence-electron chi connectivity index (χ3n) is 8.67. The van der Waals surface area contributed by atoms with E-state index in [0.29, 0.717) is 24.5 Å². The van der Waals surface area contributed by atoms with Crippen LogP contribution in [-0.4, -0.2) is 21.6 Å². The summed E-state index contributed by atoms with van der Waals surface area (Å²) in [6.45, 7) is 0.484. The fraction of sp³-hybridized carbons (Fsp3) is 0.273. The van der Waals surface area contributed by atoms with Gasteiger partial charge in [-0.3, -0.25) is 4.98 Å². The molecule has 3 aromatic carbocycles. The number of hydrogen-bond acceptors (Lipinski definition) is 4. The summed E-state index contributed by atoms with van der Waals surface area (Å²) in [7, 11) is 0. The summed E-state index contributed by atoms with van der Waals surface area (Å²) in [5, 5.41) is 14.3. The van der Waals surface area contributed by atoms with Gasteiger partial charge in [0, 0.05) is 28.5 Å². The standard InChI is InChI=1S/C33H31ClN2O3/c34-26-7-4-8-27(21-26)36-33(31(37)38)15-13-32(14-16-33)29-10-2-1-5-25(29)20-30(32)24-6-3-9-28(19-24)39-22-23-11-17-35-18-12-23/h1-12,17-19,21,30,36H,13-16,20,22H2,(H,37,38). The Morgan fingerprint density at radius 2 is 1.72 bits per heavy atom. The molecule has 6 rings (SSSR count). The van der Waals surface area contributed by atoms with E-state index in [9.17, 15) is 9.90 Å². The molecule has 6 heteroatoms. The van der Waals surface area contributed by atoms with Gasteiger partial charge in [-0.15, -0.1) is 0 Å². The lowest BCUT2D eigenvalue weighted by atomic mass is 9.59. The molecule has 1 spiro atoms. The number of nitrogens with zero attached hydrogens (tertiary/aromatic N) is 1. The highest BCUT2D eigenvalue weighted by Gasteiger charge is 2.54. The van der Waals surface area contributed by atoms with Gasteiger partial charge in [0.2, 0.25) is 0 Å². The molecule has 1 atom stereocenters. The SMILES string of the molecule is O=C(O)C1(Nc2cccc(Cl)c2)CCC2(CC1)c1ccccc1CC2c1cccc(OCc2ccncc2)c1. The molecular weight excluding hydrogens is 508 g/mol. The molecule has 39 heavy (non-hydrogen) atoms. The van der Waals surface area contributed by atoms with Crippen molar-refractivity contribution in [3.05, 3.63) is 125 Å². The number of fused-ring (bicyclic) bond motifs is 2. The molecule has 0 bridgehead atoms. The summed E-state index contributed by atoms with van der Waals surface area (Å²) in [5.74, 6) is 0.276. The number of hydrogen-bond donors (Lipinski definition) is 2. The minimum absolute atomic E-state index is 0.130. The number of ether oxygens (including phenoxy) is 1. The number of pyridine rings is 1. The maximum absolute atomic E-state index is 12.7.